The highest BCUT2D eigenvalue weighted by Crippen LogP contribution is 2.06. The Morgan fingerprint density at radius 2 is 2.19 bits per heavy atom. The summed E-state index contributed by atoms with van der Waals surface area (Å²) < 4.78 is 6.04. The van der Waals surface area contributed by atoms with Gasteiger partial charge in [0.1, 0.15) is 12.1 Å². The lowest BCUT2D eigenvalue weighted by molar-refractivity contribution is 0.374. The summed E-state index contributed by atoms with van der Waals surface area (Å²) in [5.74, 6) is 0.523. The third-order valence-electron chi connectivity index (χ3n) is 2.07. The van der Waals surface area contributed by atoms with Crippen LogP contribution in [-0.2, 0) is 0 Å². The molecule has 0 spiro atoms. The van der Waals surface area contributed by atoms with E-state index in [9.17, 15) is 4.79 Å². The normalized spacial score (nSPS) is 10.1. The molecular weight excluding hydrogens is 208 g/mol. The highest BCUT2D eigenvalue weighted by molar-refractivity contribution is 5.31. The summed E-state index contributed by atoms with van der Waals surface area (Å²) in [5.41, 5.74) is 0.409. The molecule has 0 bridgehead atoms. The molecule has 2 heterocycles. The van der Waals surface area contributed by atoms with E-state index in [-0.39, 0.29) is 6.01 Å². The van der Waals surface area contributed by atoms with Crippen LogP contribution >= 0.6 is 0 Å². The molecule has 0 aliphatic heterocycles. The Morgan fingerprint density at radius 1 is 1.38 bits per heavy atom. The van der Waals surface area contributed by atoms with Gasteiger partial charge in [-0.1, -0.05) is 6.07 Å². The van der Waals surface area contributed by atoms with E-state index in [1.807, 2.05) is 13.0 Å². The summed E-state index contributed by atoms with van der Waals surface area (Å²) in [7, 11) is 1.41. The van der Waals surface area contributed by atoms with Crippen LogP contribution < -0.4 is 10.4 Å². The molecule has 0 aliphatic rings. The largest absolute Gasteiger partial charge is 0.467 e. The zero-order valence-electron chi connectivity index (χ0n) is 8.91. The first-order chi connectivity index (χ1) is 7.72. The second-order valence-electron chi connectivity index (χ2n) is 3.14. The summed E-state index contributed by atoms with van der Waals surface area (Å²) in [4.78, 5) is 23.3. The van der Waals surface area contributed by atoms with Crippen LogP contribution in [0.2, 0.25) is 0 Å². The van der Waals surface area contributed by atoms with Crippen LogP contribution in [0.4, 0.5) is 0 Å². The van der Waals surface area contributed by atoms with Gasteiger partial charge in [-0.3, -0.25) is 0 Å². The molecule has 16 heavy (non-hydrogen) atoms. The number of pyridine rings is 1. The first-order valence-electron chi connectivity index (χ1n) is 4.64. The van der Waals surface area contributed by atoms with Gasteiger partial charge in [-0.15, -0.1) is 4.98 Å². The van der Waals surface area contributed by atoms with Crippen molar-refractivity contribution in [1.82, 2.24) is 19.5 Å². The fourth-order valence-electron chi connectivity index (χ4n) is 1.29. The van der Waals surface area contributed by atoms with E-state index in [0.717, 1.165) is 5.56 Å². The third-order valence-corrected chi connectivity index (χ3v) is 2.07. The molecule has 0 radical (unpaired) electrons. The maximum absolute atomic E-state index is 11.6. The Bertz CT molecular complexity index is 565. The van der Waals surface area contributed by atoms with Crippen LogP contribution in [0, 0.1) is 6.92 Å². The molecule has 0 amide bonds. The number of methoxy groups -OCH3 is 1. The fourth-order valence-corrected chi connectivity index (χ4v) is 1.29. The van der Waals surface area contributed by atoms with Gasteiger partial charge in [0.2, 0.25) is 0 Å². The van der Waals surface area contributed by atoms with Crippen LogP contribution in [0.15, 0.2) is 29.5 Å². The molecule has 6 nitrogen and oxygen atoms in total. The molecule has 2 aromatic heterocycles. The molecule has 0 saturated heterocycles. The minimum Gasteiger partial charge on any atom is -0.467 e. The number of hydrogen-bond donors (Lipinski definition) is 0. The SMILES string of the molecule is COc1ncn(-c2ncccc2C)c(=O)n1. The topological polar surface area (TPSA) is 69.9 Å². The molecule has 2 aromatic rings. The average Bonchev–Trinajstić information content (AvgIpc) is 2.30. The van der Waals surface area contributed by atoms with E-state index < -0.39 is 5.69 Å². The molecule has 0 fully saturated rings. The highest BCUT2D eigenvalue weighted by Gasteiger charge is 2.06. The van der Waals surface area contributed by atoms with Crippen molar-refractivity contribution in [2.24, 2.45) is 0 Å². The van der Waals surface area contributed by atoms with E-state index in [1.165, 1.54) is 18.0 Å². The van der Waals surface area contributed by atoms with Crippen molar-refractivity contribution in [3.8, 4) is 11.8 Å². The first kappa shape index (κ1) is 10.3. The Balaban J connectivity index is 2.58. The van der Waals surface area contributed by atoms with Gasteiger partial charge in [-0.05, 0) is 18.6 Å². The van der Waals surface area contributed by atoms with E-state index in [0.29, 0.717) is 5.82 Å². The minimum absolute atomic E-state index is 0.0508. The van der Waals surface area contributed by atoms with E-state index in [2.05, 4.69) is 15.0 Å². The quantitative estimate of drug-likeness (QED) is 0.727. The monoisotopic (exact) mass is 218 g/mol. The van der Waals surface area contributed by atoms with Gasteiger partial charge in [0.25, 0.3) is 0 Å². The predicted octanol–water partition coefficient (Wildman–Crippen LogP) is 0.340. The number of nitrogens with zero attached hydrogens (tertiary/aromatic N) is 4. The van der Waals surface area contributed by atoms with Crippen molar-refractivity contribution in [1.29, 1.82) is 0 Å². The second-order valence-corrected chi connectivity index (χ2v) is 3.14. The van der Waals surface area contributed by atoms with Crippen LogP contribution in [-0.4, -0.2) is 26.6 Å². The highest BCUT2D eigenvalue weighted by atomic mass is 16.5. The minimum atomic E-state index is -0.464. The molecular formula is C10H10N4O2. The Hall–Kier alpha value is -2.24. The lowest BCUT2D eigenvalue weighted by Crippen LogP contribution is -2.23. The second kappa shape index (κ2) is 4.09. The van der Waals surface area contributed by atoms with Gasteiger partial charge in [0.05, 0.1) is 7.11 Å². The first-order valence-corrected chi connectivity index (χ1v) is 4.64. The molecule has 0 unspecified atom stereocenters. The van der Waals surface area contributed by atoms with Gasteiger partial charge >= 0.3 is 11.7 Å². The van der Waals surface area contributed by atoms with Crippen molar-refractivity contribution in [3.63, 3.8) is 0 Å². The number of rotatable bonds is 2. The zero-order chi connectivity index (χ0) is 11.5. The number of aryl methyl sites for hydroxylation is 1. The molecule has 0 N–H and O–H groups in total. The van der Waals surface area contributed by atoms with Crippen molar-refractivity contribution in [2.75, 3.05) is 7.11 Å². The Labute approximate surface area is 91.6 Å². The fraction of sp³-hybridized carbons (Fsp3) is 0.200. The van der Waals surface area contributed by atoms with Crippen molar-refractivity contribution < 1.29 is 4.74 Å². The Morgan fingerprint density at radius 3 is 2.81 bits per heavy atom. The maximum Gasteiger partial charge on any atom is 0.359 e. The van der Waals surface area contributed by atoms with Gasteiger partial charge in [0.15, 0.2) is 0 Å². The van der Waals surface area contributed by atoms with Gasteiger partial charge < -0.3 is 4.74 Å². The molecule has 0 saturated carbocycles. The van der Waals surface area contributed by atoms with E-state index >= 15 is 0 Å². The molecule has 0 atom stereocenters. The average molecular weight is 218 g/mol. The molecule has 0 aliphatic carbocycles. The van der Waals surface area contributed by atoms with Crippen molar-refractivity contribution in [2.45, 2.75) is 6.92 Å². The summed E-state index contributed by atoms with van der Waals surface area (Å²) in [5, 5.41) is 0. The zero-order valence-corrected chi connectivity index (χ0v) is 8.91. The van der Waals surface area contributed by atoms with Gasteiger partial charge in [-0.2, -0.15) is 4.98 Å². The molecule has 2 rings (SSSR count). The number of ether oxygens (including phenoxy) is 1. The third kappa shape index (κ3) is 1.77. The lowest BCUT2D eigenvalue weighted by Gasteiger charge is -2.06. The molecule has 6 heteroatoms. The van der Waals surface area contributed by atoms with Crippen LogP contribution in [0.1, 0.15) is 5.56 Å². The van der Waals surface area contributed by atoms with Gasteiger partial charge in [-0.25, -0.2) is 14.3 Å². The number of aromatic nitrogens is 4. The van der Waals surface area contributed by atoms with E-state index in [1.54, 1.807) is 12.3 Å². The smallest absolute Gasteiger partial charge is 0.359 e. The summed E-state index contributed by atoms with van der Waals surface area (Å²) in [6, 6.07) is 3.71. The Kier molecular flexibility index (Phi) is 2.63. The molecule has 82 valence electrons. The summed E-state index contributed by atoms with van der Waals surface area (Å²) >= 11 is 0. The number of hydrogen-bond acceptors (Lipinski definition) is 5. The van der Waals surface area contributed by atoms with Crippen LogP contribution in [0.5, 0.6) is 6.01 Å². The van der Waals surface area contributed by atoms with Crippen molar-refractivity contribution >= 4 is 0 Å². The lowest BCUT2D eigenvalue weighted by atomic mass is 10.3. The molecule has 0 aromatic carbocycles. The summed E-state index contributed by atoms with van der Waals surface area (Å²) in [6.45, 7) is 1.86. The standard InChI is InChI=1S/C10H10N4O2/c1-7-4-3-5-11-8(7)14-6-12-9(16-2)13-10(14)15/h3-6H,1-2H3. The van der Waals surface area contributed by atoms with Gasteiger partial charge in [0, 0.05) is 6.20 Å². The summed E-state index contributed by atoms with van der Waals surface area (Å²) in [6.07, 6.45) is 2.96. The van der Waals surface area contributed by atoms with Crippen LogP contribution in [0.3, 0.4) is 0 Å². The van der Waals surface area contributed by atoms with Crippen LogP contribution in [0.25, 0.3) is 5.82 Å². The maximum atomic E-state index is 11.6. The van der Waals surface area contributed by atoms with E-state index in [4.69, 9.17) is 4.74 Å². The van der Waals surface area contributed by atoms with Crippen molar-refractivity contribution in [3.05, 3.63) is 40.7 Å². The predicted molar refractivity (Wildman–Crippen MR) is 56.7 cm³/mol.